The van der Waals surface area contributed by atoms with Gasteiger partial charge in [0.2, 0.25) is 5.91 Å². The van der Waals surface area contributed by atoms with Gasteiger partial charge in [-0.1, -0.05) is 0 Å². The predicted octanol–water partition coefficient (Wildman–Crippen LogP) is 0.434. The number of carbonyl (C=O) groups is 1. The number of amides is 1. The van der Waals surface area contributed by atoms with E-state index in [1.54, 1.807) is 0 Å². The van der Waals surface area contributed by atoms with Crippen LogP contribution in [0.1, 0.15) is 32.6 Å². The number of fused-ring (bicyclic) bond motifs is 1. The zero-order valence-electron chi connectivity index (χ0n) is 10.7. The second-order valence-corrected chi connectivity index (χ2v) is 5.81. The monoisotopic (exact) mass is 237 g/mol. The summed E-state index contributed by atoms with van der Waals surface area (Å²) in [6.07, 6.45) is 4.39. The summed E-state index contributed by atoms with van der Waals surface area (Å²) in [5.41, 5.74) is 0. The zero-order valence-corrected chi connectivity index (χ0v) is 10.7. The van der Waals surface area contributed by atoms with Crippen LogP contribution in [0, 0.1) is 0 Å². The van der Waals surface area contributed by atoms with Gasteiger partial charge in [0.05, 0.1) is 0 Å². The molecule has 3 atom stereocenters. The summed E-state index contributed by atoms with van der Waals surface area (Å²) >= 11 is 0. The highest BCUT2D eigenvalue weighted by molar-refractivity contribution is 5.78. The van der Waals surface area contributed by atoms with Crippen LogP contribution in [0.15, 0.2) is 0 Å². The summed E-state index contributed by atoms with van der Waals surface area (Å²) in [4.78, 5) is 16.4. The minimum absolute atomic E-state index is 0.383. The average Bonchev–Trinajstić information content (AvgIpc) is 2.71. The van der Waals surface area contributed by atoms with Gasteiger partial charge in [-0.3, -0.25) is 9.69 Å². The first-order valence-electron chi connectivity index (χ1n) is 7.01. The fraction of sp³-hybridized carbons (Fsp3) is 0.923. The molecule has 3 fully saturated rings. The Balaban J connectivity index is 1.61. The SMILES string of the molecule is CC1CC(N2CCN3C(=O)CCC3C2)CCN1. The van der Waals surface area contributed by atoms with Gasteiger partial charge in [0, 0.05) is 44.2 Å². The lowest BCUT2D eigenvalue weighted by Gasteiger charge is -2.44. The Morgan fingerprint density at radius 3 is 2.94 bits per heavy atom. The molecule has 0 aromatic heterocycles. The molecule has 96 valence electrons. The van der Waals surface area contributed by atoms with E-state index in [4.69, 9.17) is 0 Å². The minimum Gasteiger partial charge on any atom is -0.337 e. The number of carbonyl (C=O) groups excluding carboxylic acids is 1. The maximum absolute atomic E-state index is 11.6. The lowest BCUT2D eigenvalue weighted by atomic mass is 9.97. The van der Waals surface area contributed by atoms with E-state index in [-0.39, 0.29) is 0 Å². The molecule has 0 bridgehead atoms. The van der Waals surface area contributed by atoms with Crippen molar-refractivity contribution in [1.29, 1.82) is 0 Å². The molecule has 0 saturated carbocycles. The Labute approximate surface area is 103 Å². The first-order valence-corrected chi connectivity index (χ1v) is 7.01. The summed E-state index contributed by atoms with van der Waals surface area (Å²) in [6.45, 7) is 6.59. The lowest BCUT2D eigenvalue weighted by molar-refractivity contribution is -0.131. The molecule has 3 unspecified atom stereocenters. The molecule has 3 aliphatic heterocycles. The fourth-order valence-electron chi connectivity index (χ4n) is 3.66. The Morgan fingerprint density at radius 2 is 2.12 bits per heavy atom. The van der Waals surface area contributed by atoms with Gasteiger partial charge < -0.3 is 10.2 Å². The third-order valence-electron chi connectivity index (χ3n) is 4.64. The van der Waals surface area contributed by atoms with Crippen molar-refractivity contribution in [2.75, 3.05) is 26.2 Å². The molecule has 0 radical (unpaired) electrons. The highest BCUT2D eigenvalue weighted by atomic mass is 16.2. The lowest BCUT2D eigenvalue weighted by Crippen LogP contribution is -2.57. The minimum atomic E-state index is 0.383. The van der Waals surface area contributed by atoms with Crippen LogP contribution in [0.4, 0.5) is 0 Å². The van der Waals surface area contributed by atoms with Gasteiger partial charge in [-0.25, -0.2) is 0 Å². The number of piperidine rings is 1. The molecule has 3 rings (SSSR count). The topological polar surface area (TPSA) is 35.6 Å². The normalized spacial score (nSPS) is 39.5. The molecule has 17 heavy (non-hydrogen) atoms. The van der Waals surface area contributed by atoms with Crippen molar-refractivity contribution in [1.82, 2.24) is 15.1 Å². The molecule has 3 aliphatic rings. The van der Waals surface area contributed by atoms with Gasteiger partial charge >= 0.3 is 0 Å². The Bertz CT molecular complexity index is 307. The van der Waals surface area contributed by atoms with Crippen molar-refractivity contribution in [3.63, 3.8) is 0 Å². The Hall–Kier alpha value is -0.610. The summed E-state index contributed by atoms with van der Waals surface area (Å²) in [5.74, 6) is 0.383. The van der Waals surface area contributed by atoms with E-state index in [0.29, 0.717) is 18.0 Å². The second-order valence-electron chi connectivity index (χ2n) is 5.81. The second kappa shape index (κ2) is 4.58. The number of nitrogens with one attached hydrogen (secondary N) is 1. The summed E-state index contributed by atoms with van der Waals surface area (Å²) in [7, 11) is 0. The van der Waals surface area contributed by atoms with Gasteiger partial charge in [0.15, 0.2) is 0 Å². The number of rotatable bonds is 1. The van der Waals surface area contributed by atoms with Gasteiger partial charge in [-0.05, 0) is 32.7 Å². The first kappa shape index (κ1) is 11.5. The number of hydrogen-bond acceptors (Lipinski definition) is 3. The van der Waals surface area contributed by atoms with Crippen molar-refractivity contribution in [3.8, 4) is 0 Å². The molecule has 4 nitrogen and oxygen atoms in total. The molecular weight excluding hydrogens is 214 g/mol. The largest absolute Gasteiger partial charge is 0.337 e. The molecule has 3 saturated heterocycles. The van der Waals surface area contributed by atoms with Crippen LogP contribution in [-0.2, 0) is 4.79 Å². The quantitative estimate of drug-likeness (QED) is 0.718. The third kappa shape index (κ3) is 2.20. The van der Waals surface area contributed by atoms with E-state index in [1.807, 2.05) is 0 Å². The van der Waals surface area contributed by atoms with E-state index in [0.717, 1.165) is 45.1 Å². The third-order valence-corrected chi connectivity index (χ3v) is 4.64. The highest BCUT2D eigenvalue weighted by Crippen LogP contribution is 2.26. The van der Waals surface area contributed by atoms with E-state index in [9.17, 15) is 4.79 Å². The van der Waals surface area contributed by atoms with Crippen LogP contribution < -0.4 is 5.32 Å². The smallest absolute Gasteiger partial charge is 0.222 e. The van der Waals surface area contributed by atoms with E-state index >= 15 is 0 Å². The summed E-state index contributed by atoms with van der Waals surface area (Å²) in [6, 6.07) is 1.91. The fourth-order valence-corrected chi connectivity index (χ4v) is 3.66. The van der Waals surface area contributed by atoms with E-state index < -0.39 is 0 Å². The van der Waals surface area contributed by atoms with Crippen LogP contribution in [0.3, 0.4) is 0 Å². The maximum Gasteiger partial charge on any atom is 0.222 e. The average molecular weight is 237 g/mol. The Kier molecular flexibility index (Phi) is 3.09. The summed E-state index contributed by atoms with van der Waals surface area (Å²) < 4.78 is 0. The van der Waals surface area contributed by atoms with Crippen LogP contribution >= 0.6 is 0 Å². The standard InChI is InChI=1S/C13H23N3O/c1-10-8-11(4-5-14-10)15-6-7-16-12(9-15)2-3-13(16)17/h10-12,14H,2-9H2,1H3. The maximum atomic E-state index is 11.6. The van der Waals surface area contributed by atoms with Crippen LogP contribution in [0.2, 0.25) is 0 Å². The summed E-state index contributed by atoms with van der Waals surface area (Å²) in [5, 5.41) is 3.51. The van der Waals surface area contributed by atoms with Gasteiger partial charge in [0.1, 0.15) is 0 Å². The van der Waals surface area contributed by atoms with Crippen molar-refractivity contribution >= 4 is 5.91 Å². The van der Waals surface area contributed by atoms with Crippen molar-refractivity contribution in [3.05, 3.63) is 0 Å². The van der Waals surface area contributed by atoms with Crippen molar-refractivity contribution in [2.24, 2.45) is 0 Å². The predicted molar refractivity (Wildman–Crippen MR) is 66.8 cm³/mol. The van der Waals surface area contributed by atoms with Gasteiger partial charge in [0.25, 0.3) is 0 Å². The van der Waals surface area contributed by atoms with Crippen LogP contribution in [0.25, 0.3) is 0 Å². The van der Waals surface area contributed by atoms with Crippen molar-refractivity contribution < 1.29 is 4.79 Å². The highest BCUT2D eigenvalue weighted by Gasteiger charge is 2.37. The molecule has 0 aromatic carbocycles. The van der Waals surface area contributed by atoms with Crippen LogP contribution in [0.5, 0.6) is 0 Å². The number of nitrogens with zero attached hydrogens (tertiary/aromatic N) is 2. The van der Waals surface area contributed by atoms with Crippen LogP contribution in [-0.4, -0.2) is 60.0 Å². The van der Waals surface area contributed by atoms with Gasteiger partial charge in [-0.15, -0.1) is 0 Å². The van der Waals surface area contributed by atoms with Gasteiger partial charge in [-0.2, -0.15) is 0 Å². The molecule has 3 heterocycles. The zero-order chi connectivity index (χ0) is 11.8. The van der Waals surface area contributed by atoms with E-state index in [1.165, 1.54) is 12.8 Å². The Morgan fingerprint density at radius 1 is 1.24 bits per heavy atom. The molecule has 4 heteroatoms. The first-order chi connectivity index (χ1) is 8.24. The molecule has 0 aromatic rings. The molecular formula is C13H23N3O. The van der Waals surface area contributed by atoms with Crippen molar-refractivity contribution in [2.45, 2.75) is 50.7 Å². The van der Waals surface area contributed by atoms with E-state index in [2.05, 4.69) is 22.0 Å². The molecule has 1 amide bonds. The number of piperazine rings is 1. The molecule has 1 N–H and O–H groups in total. The number of hydrogen-bond donors (Lipinski definition) is 1. The molecule has 0 aliphatic carbocycles. The molecule has 0 spiro atoms.